The summed E-state index contributed by atoms with van der Waals surface area (Å²) in [4.78, 5) is 0. The summed E-state index contributed by atoms with van der Waals surface area (Å²) in [5.41, 5.74) is 7.45. The van der Waals surface area contributed by atoms with Gasteiger partial charge >= 0.3 is 0 Å². The van der Waals surface area contributed by atoms with E-state index in [9.17, 15) is 0 Å². The number of rotatable bonds is 5. The Bertz CT molecular complexity index is 348. The lowest BCUT2D eigenvalue weighted by Crippen LogP contribution is -1.99. The third-order valence-electron chi connectivity index (χ3n) is 3.69. The fourth-order valence-electron chi connectivity index (χ4n) is 2.38. The average molecular weight is 217 g/mol. The highest BCUT2D eigenvalue weighted by molar-refractivity contribution is 5.43. The van der Waals surface area contributed by atoms with Gasteiger partial charge in [-0.3, -0.25) is 0 Å². The zero-order valence-corrected chi connectivity index (χ0v) is 11.3. The molecule has 0 nitrogen and oxygen atoms in total. The largest absolute Gasteiger partial charge is 0.0558 e. The van der Waals surface area contributed by atoms with Gasteiger partial charge in [-0.1, -0.05) is 32.3 Å². The molecule has 1 aromatic carbocycles. The van der Waals surface area contributed by atoms with Gasteiger partial charge in [0.2, 0.25) is 0 Å². The van der Waals surface area contributed by atoms with Crippen LogP contribution in [0.25, 0.3) is 0 Å². The highest BCUT2D eigenvalue weighted by Gasteiger charge is 2.07. The summed E-state index contributed by atoms with van der Waals surface area (Å²) < 4.78 is 0. The van der Waals surface area contributed by atoms with Gasteiger partial charge in [-0.05, 0) is 68.4 Å². The Morgan fingerprint density at radius 1 is 0.875 bits per heavy atom. The second kappa shape index (κ2) is 6.08. The quantitative estimate of drug-likeness (QED) is 0.618. The van der Waals surface area contributed by atoms with Gasteiger partial charge in [0.25, 0.3) is 0 Å². The van der Waals surface area contributed by atoms with Crippen molar-refractivity contribution in [3.63, 3.8) is 0 Å². The third kappa shape index (κ3) is 3.10. The van der Waals surface area contributed by atoms with Crippen LogP contribution in [0, 0.1) is 34.6 Å². The van der Waals surface area contributed by atoms with Gasteiger partial charge in [-0.15, -0.1) is 0 Å². The average Bonchev–Trinajstić information content (AvgIpc) is 2.25. The molecular weight excluding hydrogens is 192 g/mol. The molecule has 0 aliphatic heterocycles. The van der Waals surface area contributed by atoms with E-state index in [0.717, 1.165) is 6.42 Å². The molecule has 0 bridgehead atoms. The molecule has 16 heavy (non-hydrogen) atoms. The first kappa shape index (κ1) is 13.3. The van der Waals surface area contributed by atoms with Gasteiger partial charge in [-0.25, -0.2) is 0 Å². The first-order valence-electron chi connectivity index (χ1n) is 6.43. The Kier molecular flexibility index (Phi) is 5.05. The minimum atomic E-state index is 1.07. The molecule has 0 saturated heterocycles. The van der Waals surface area contributed by atoms with Crippen LogP contribution >= 0.6 is 0 Å². The molecule has 0 aliphatic rings. The predicted molar refractivity (Wildman–Crippen MR) is 72.9 cm³/mol. The molecule has 1 aromatic rings. The Morgan fingerprint density at radius 3 is 2.19 bits per heavy atom. The van der Waals surface area contributed by atoms with Crippen LogP contribution in [-0.4, -0.2) is 0 Å². The fourth-order valence-corrected chi connectivity index (χ4v) is 2.38. The van der Waals surface area contributed by atoms with Crippen LogP contribution in [0.4, 0.5) is 0 Å². The summed E-state index contributed by atoms with van der Waals surface area (Å²) in [5.74, 6) is 0. The Labute approximate surface area is 101 Å². The molecule has 1 radical (unpaired) electrons. The van der Waals surface area contributed by atoms with Gasteiger partial charge in [0, 0.05) is 0 Å². The maximum absolute atomic E-state index is 3.89. The molecule has 1 rings (SSSR count). The summed E-state index contributed by atoms with van der Waals surface area (Å²) in [6, 6.07) is 2.33. The molecule has 0 saturated carbocycles. The maximum Gasteiger partial charge on any atom is -0.0274 e. The monoisotopic (exact) mass is 217 g/mol. The normalized spacial score (nSPS) is 10.8. The van der Waals surface area contributed by atoms with Crippen molar-refractivity contribution in [2.24, 2.45) is 0 Å². The summed E-state index contributed by atoms with van der Waals surface area (Å²) in [6.45, 7) is 12.9. The van der Waals surface area contributed by atoms with Gasteiger partial charge < -0.3 is 0 Å². The van der Waals surface area contributed by atoms with Crippen LogP contribution < -0.4 is 0 Å². The van der Waals surface area contributed by atoms with E-state index in [4.69, 9.17) is 0 Å². The maximum atomic E-state index is 3.89. The number of hydrogen-bond donors (Lipinski definition) is 0. The molecule has 0 amide bonds. The Hall–Kier alpha value is -0.780. The first-order valence-corrected chi connectivity index (χ1v) is 6.43. The van der Waals surface area contributed by atoms with Crippen molar-refractivity contribution < 1.29 is 0 Å². The van der Waals surface area contributed by atoms with Crippen LogP contribution in [0.5, 0.6) is 0 Å². The summed E-state index contributed by atoms with van der Waals surface area (Å²) in [6.07, 6.45) is 6.20. The first-order chi connectivity index (χ1) is 7.57. The molecule has 0 N–H and O–H groups in total. The second-order valence-corrected chi connectivity index (χ2v) is 4.90. The molecule has 0 heteroatoms. The van der Waals surface area contributed by atoms with Crippen LogP contribution in [0.1, 0.15) is 53.5 Å². The van der Waals surface area contributed by atoms with Crippen molar-refractivity contribution in [1.82, 2.24) is 0 Å². The molecule has 0 aliphatic carbocycles. The summed E-state index contributed by atoms with van der Waals surface area (Å²) in [5, 5.41) is 0. The topological polar surface area (TPSA) is 0 Å². The van der Waals surface area contributed by atoms with E-state index in [1.807, 2.05) is 0 Å². The molecule has 0 spiro atoms. The zero-order valence-electron chi connectivity index (χ0n) is 11.3. The summed E-state index contributed by atoms with van der Waals surface area (Å²) >= 11 is 0. The van der Waals surface area contributed by atoms with E-state index in [1.54, 1.807) is 5.56 Å². The minimum Gasteiger partial charge on any atom is -0.0558 e. The summed E-state index contributed by atoms with van der Waals surface area (Å²) in [7, 11) is 0. The van der Waals surface area contributed by atoms with Crippen LogP contribution in [-0.2, 0) is 6.42 Å². The molecule has 0 heterocycles. The van der Waals surface area contributed by atoms with E-state index < -0.39 is 0 Å². The van der Waals surface area contributed by atoms with Crippen molar-refractivity contribution in [3.05, 3.63) is 40.8 Å². The Morgan fingerprint density at radius 2 is 1.56 bits per heavy atom. The van der Waals surface area contributed by atoms with E-state index in [0.29, 0.717) is 0 Å². The van der Waals surface area contributed by atoms with Crippen LogP contribution in [0.2, 0.25) is 0 Å². The third-order valence-corrected chi connectivity index (χ3v) is 3.69. The zero-order chi connectivity index (χ0) is 12.1. The fraction of sp³-hybridized carbons (Fsp3) is 0.562. The molecule has 0 unspecified atom stereocenters. The highest BCUT2D eigenvalue weighted by atomic mass is 14.1. The minimum absolute atomic E-state index is 1.07. The molecule has 89 valence electrons. The van der Waals surface area contributed by atoms with E-state index in [-0.39, 0.29) is 0 Å². The lowest BCUT2D eigenvalue weighted by atomic mass is 9.91. The van der Waals surface area contributed by atoms with Crippen molar-refractivity contribution in [2.45, 2.75) is 59.8 Å². The van der Waals surface area contributed by atoms with Gasteiger partial charge in [-0.2, -0.15) is 0 Å². The number of aryl methyl sites for hydroxylation is 2. The SMILES string of the molecule is [CH2]CCCCCc1c(C)cc(C)c(C)c1C. The van der Waals surface area contributed by atoms with Crippen LogP contribution in [0.15, 0.2) is 6.07 Å². The molecule has 0 aromatic heterocycles. The second-order valence-electron chi connectivity index (χ2n) is 4.90. The number of hydrogen-bond acceptors (Lipinski definition) is 0. The molecule has 0 fully saturated rings. The smallest absolute Gasteiger partial charge is 0.0274 e. The predicted octanol–water partition coefficient (Wildman–Crippen LogP) is 4.86. The van der Waals surface area contributed by atoms with Gasteiger partial charge in [0.15, 0.2) is 0 Å². The van der Waals surface area contributed by atoms with Crippen LogP contribution in [0.3, 0.4) is 0 Å². The lowest BCUT2D eigenvalue weighted by molar-refractivity contribution is 0.682. The number of benzene rings is 1. The number of unbranched alkanes of at least 4 members (excludes halogenated alkanes) is 3. The molecular formula is C16H25. The van der Waals surface area contributed by atoms with Crippen molar-refractivity contribution in [3.8, 4) is 0 Å². The van der Waals surface area contributed by atoms with E-state index >= 15 is 0 Å². The van der Waals surface area contributed by atoms with Crippen molar-refractivity contribution >= 4 is 0 Å². The highest BCUT2D eigenvalue weighted by Crippen LogP contribution is 2.23. The van der Waals surface area contributed by atoms with Crippen molar-refractivity contribution in [1.29, 1.82) is 0 Å². The lowest BCUT2D eigenvalue weighted by Gasteiger charge is -2.14. The Balaban J connectivity index is 2.76. The molecule has 0 atom stereocenters. The van der Waals surface area contributed by atoms with E-state index in [1.165, 1.54) is 47.9 Å². The standard InChI is InChI=1S/C16H25/c1-6-7-8-9-10-16-13(3)11-12(2)14(4)15(16)5/h11H,1,6-10H2,2-5H3. The van der Waals surface area contributed by atoms with Gasteiger partial charge in [0.1, 0.15) is 0 Å². The van der Waals surface area contributed by atoms with Gasteiger partial charge in [0.05, 0.1) is 0 Å². The van der Waals surface area contributed by atoms with E-state index in [2.05, 4.69) is 40.7 Å². The van der Waals surface area contributed by atoms with Crippen molar-refractivity contribution in [2.75, 3.05) is 0 Å².